The molecule has 0 spiro atoms. The Morgan fingerprint density at radius 2 is 1.64 bits per heavy atom. The Hall–Kier alpha value is -4.66. The van der Waals surface area contributed by atoms with Crippen molar-refractivity contribution >= 4 is 35.3 Å². The van der Waals surface area contributed by atoms with Crippen LogP contribution in [0.1, 0.15) is 33.5 Å². The molecule has 1 aliphatic heterocycles. The number of anilines is 2. The number of nitrogens with one attached hydrogen (secondary N) is 2. The van der Waals surface area contributed by atoms with E-state index in [2.05, 4.69) is 10.6 Å². The second-order valence-corrected chi connectivity index (χ2v) is 9.34. The predicted molar refractivity (Wildman–Crippen MR) is 146 cm³/mol. The van der Waals surface area contributed by atoms with E-state index < -0.39 is 12.0 Å². The monoisotopic (exact) mass is 529 g/mol. The third-order valence-corrected chi connectivity index (χ3v) is 6.65. The zero-order valence-corrected chi connectivity index (χ0v) is 21.9. The fourth-order valence-electron chi connectivity index (χ4n) is 4.40. The summed E-state index contributed by atoms with van der Waals surface area (Å²) >= 11 is 0. The van der Waals surface area contributed by atoms with Crippen molar-refractivity contribution in [2.75, 3.05) is 30.8 Å². The van der Waals surface area contributed by atoms with E-state index in [0.717, 1.165) is 11.1 Å². The lowest BCUT2D eigenvalue weighted by molar-refractivity contribution is -0.149. The van der Waals surface area contributed by atoms with Crippen LogP contribution in [0.2, 0.25) is 0 Å². The molecule has 0 aliphatic carbocycles. The first kappa shape index (κ1) is 27.4. The number of hydrogen-bond acceptors (Lipinski definition) is 6. The highest BCUT2D eigenvalue weighted by Gasteiger charge is 2.32. The van der Waals surface area contributed by atoms with Crippen LogP contribution >= 0.6 is 0 Å². The number of hydrogen-bond donors (Lipinski definition) is 2. The summed E-state index contributed by atoms with van der Waals surface area (Å²) in [5, 5.41) is 5.48. The van der Waals surface area contributed by atoms with Crippen LogP contribution in [0.15, 0.2) is 72.8 Å². The van der Waals surface area contributed by atoms with Crippen molar-refractivity contribution in [3.05, 3.63) is 95.1 Å². The Balaban J connectivity index is 1.25. The van der Waals surface area contributed by atoms with Gasteiger partial charge in [0.1, 0.15) is 6.61 Å². The molecule has 1 saturated heterocycles. The number of likely N-dealkylation sites (tertiary alicyclic amines) is 1. The number of ether oxygens (including phenoxy) is 2. The number of rotatable bonds is 8. The first-order valence-electron chi connectivity index (χ1n) is 12.7. The molecule has 1 atom stereocenters. The van der Waals surface area contributed by atoms with E-state index in [-0.39, 0.29) is 30.8 Å². The Bertz CT molecular complexity index is 1340. The maximum absolute atomic E-state index is 12.8. The average molecular weight is 530 g/mol. The quantitative estimate of drug-likeness (QED) is 0.414. The van der Waals surface area contributed by atoms with Gasteiger partial charge in [0.2, 0.25) is 5.91 Å². The Morgan fingerprint density at radius 3 is 2.36 bits per heavy atom. The van der Waals surface area contributed by atoms with Gasteiger partial charge in [-0.3, -0.25) is 9.59 Å². The third-order valence-electron chi connectivity index (χ3n) is 6.65. The summed E-state index contributed by atoms with van der Waals surface area (Å²) in [7, 11) is 1.30. The lowest BCUT2D eigenvalue weighted by Crippen LogP contribution is -2.31. The van der Waals surface area contributed by atoms with Gasteiger partial charge in [0, 0.05) is 24.5 Å². The van der Waals surface area contributed by atoms with Crippen molar-refractivity contribution in [3.63, 3.8) is 0 Å². The van der Waals surface area contributed by atoms with Gasteiger partial charge in [0.25, 0.3) is 0 Å². The summed E-state index contributed by atoms with van der Waals surface area (Å²) in [4.78, 5) is 51.3. The fourth-order valence-corrected chi connectivity index (χ4v) is 4.40. The number of carbonyl (C=O) groups excluding carboxylic acids is 4. The second kappa shape index (κ2) is 12.7. The molecule has 39 heavy (non-hydrogen) atoms. The summed E-state index contributed by atoms with van der Waals surface area (Å²) < 4.78 is 10.2. The van der Waals surface area contributed by atoms with E-state index in [9.17, 15) is 19.2 Å². The molecule has 4 rings (SSSR count). The lowest BCUT2D eigenvalue weighted by atomic mass is 10.1. The highest BCUT2D eigenvalue weighted by atomic mass is 16.5. The standard InChI is InChI=1S/C30H31N3O6/c1-20-25(29(36)38-2)9-6-10-26(20)32-30(37)31-24-13-11-21(12-14-24)17-27(34)33-16-15-23(18-33)28(35)39-19-22-7-4-3-5-8-22/h3-14,23H,15-19H2,1-2H3,(H2,31,32,37)/t23-/m0/s1. The molecule has 0 aromatic heterocycles. The second-order valence-electron chi connectivity index (χ2n) is 9.34. The largest absolute Gasteiger partial charge is 0.465 e. The number of methoxy groups -OCH3 is 1. The molecular weight excluding hydrogens is 498 g/mol. The SMILES string of the molecule is COC(=O)c1cccc(NC(=O)Nc2ccc(CC(=O)N3CC[C@H](C(=O)OCc4ccccc4)C3)cc2)c1C. The smallest absolute Gasteiger partial charge is 0.338 e. The van der Waals surface area contributed by atoms with E-state index in [0.29, 0.717) is 42.0 Å². The van der Waals surface area contributed by atoms with Crippen molar-refractivity contribution in [2.24, 2.45) is 5.92 Å². The van der Waals surface area contributed by atoms with E-state index >= 15 is 0 Å². The molecule has 0 bridgehead atoms. The van der Waals surface area contributed by atoms with Crippen LogP contribution in [0.25, 0.3) is 0 Å². The normalized spacial score (nSPS) is 14.4. The van der Waals surface area contributed by atoms with E-state index in [4.69, 9.17) is 9.47 Å². The van der Waals surface area contributed by atoms with Gasteiger partial charge in [-0.1, -0.05) is 48.5 Å². The molecular formula is C30H31N3O6. The first-order valence-corrected chi connectivity index (χ1v) is 12.7. The van der Waals surface area contributed by atoms with Crippen molar-refractivity contribution < 1.29 is 28.7 Å². The van der Waals surface area contributed by atoms with Gasteiger partial charge in [-0.15, -0.1) is 0 Å². The van der Waals surface area contributed by atoms with Gasteiger partial charge >= 0.3 is 18.0 Å². The Morgan fingerprint density at radius 1 is 0.897 bits per heavy atom. The summed E-state index contributed by atoms with van der Waals surface area (Å²) in [6, 6.07) is 21.0. The van der Waals surface area contributed by atoms with Gasteiger partial charge in [0.15, 0.2) is 0 Å². The van der Waals surface area contributed by atoms with Crippen molar-refractivity contribution in [2.45, 2.75) is 26.4 Å². The number of urea groups is 1. The van der Waals surface area contributed by atoms with Crippen LogP contribution in [0.5, 0.6) is 0 Å². The van der Waals surface area contributed by atoms with Crippen LogP contribution in [-0.4, -0.2) is 49.0 Å². The summed E-state index contributed by atoms with van der Waals surface area (Å²) in [6.07, 6.45) is 0.775. The van der Waals surface area contributed by atoms with Crippen molar-refractivity contribution in [1.82, 2.24) is 4.90 Å². The Kier molecular flexibility index (Phi) is 8.94. The molecule has 1 heterocycles. The first-order chi connectivity index (χ1) is 18.8. The maximum Gasteiger partial charge on any atom is 0.338 e. The number of esters is 2. The third kappa shape index (κ3) is 7.22. The topological polar surface area (TPSA) is 114 Å². The van der Waals surface area contributed by atoms with Crippen LogP contribution in [0.4, 0.5) is 16.2 Å². The van der Waals surface area contributed by atoms with Gasteiger partial charge < -0.3 is 25.0 Å². The molecule has 202 valence electrons. The zero-order chi connectivity index (χ0) is 27.8. The van der Waals surface area contributed by atoms with E-state index in [1.54, 1.807) is 54.3 Å². The lowest BCUT2D eigenvalue weighted by Gasteiger charge is -2.16. The summed E-state index contributed by atoms with van der Waals surface area (Å²) in [5.74, 6) is -1.14. The molecule has 0 unspecified atom stereocenters. The minimum atomic E-state index is -0.478. The average Bonchev–Trinajstić information content (AvgIpc) is 3.45. The van der Waals surface area contributed by atoms with Gasteiger partial charge in [-0.25, -0.2) is 9.59 Å². The highest BCUT2D eigenvalue weighted by Crippen LogP contribution is 2.22. The van der Waals surface area contributed by atoms with Crippen LogP contribution in [0, 0.1) is 12.8 Å². The molecule has 2 N–H and O–H groups in total. The molecule has 9 heteroatoms. The number of amides is 3. The van der Waals surface area contributed by atoms with Crippen molar-refractivity contribution in [3.8, 4) is 0 Å². The van der Waals surface area contributed by atoms with E-state index in [1.807, 2.05) is 30.3 Å². The van der Waals surface area contributed by atoms with Gasteiger partial charge in [-0.2, -0.15) is 0 Å². The van der Waals surface area contributed by atoms with Crippen LogP contribution in [0.3, 0.4) is 0 Å². The summed E-state index contributed by atoms with van der Waals surface area (Å²) in [5.41, 5.74) is 3.73. The van der Waals surface area contributed by atoms with Crippen LogP contribution < -0.4 is 10.6 Å². The van der Waals surface area contributed by atoms with Crippen LogP contribution in [-0.2, 0) is 32.1 Å². The molecule has 3 aromatic rings. The van der Waals surface area contributed by atoms with Gasteiger partial charge in [0.05, 0.1) is 25.0 Å². The summed E-state index contributed by atoms with van der Waals surface area (Å²) in [6.45, 7) is 2.81. The predicted octanol–water partition coefficient (Wildman–Crippen LogP) is 4.56. The molecule has 1 fully saturated rings. The zero-order valence-electron chi connectivity index (χ0n) is 21.9. The molecule has 3 aromatic carbocycles. The maximum atomic E-state index is 12.8. The molecule has 0 radical (unpaired) electrons. The Labute approximate surface area is 227 Å². The number of benzene rings is 3. The van der Waals surface area contributed by atoms with E-state index in [1.165, 1.54) is 7.11 Å². The number of carbonyl (C=O) groups is 4. The highest BCUT2D eigenvalue weighted by molar-refractivity contribution is 6.02. The van der Waals surface area contributed by atoms with Crippen molar-refractivity contribution in [1.29, 1.82) is 0 Å². The van der Waals surface area contributed by atoms with Gasteiger partial charge in [-0.05, 0) is 54.3 Å². The number of nitrogens with zero attached hydrogens (tertiary/aromatic N) is 1. The fraction of sp³-hybridized carbons (Fsp3) is 0.267. The molecule has 0 saturated carbocycles. The molecule has 3 amide bonds. The minimum Gasteiger partial charge on any atom is -0.465 e. The molecule has 9 nitrogen and oxygen atoms in total. The molecule has 1 aliphatic rings. The minimum absolute atomic E-state index is 0.0622.